The average Bonchev–Trinajstić information content (AvgIpc) is 2.40. The molecular weight excluding hydrogens is 244 g/mol. The first-order chi connectivity index (χ1) is 8.52. The lowest BCUT2D eigenvalue weighted by atomic mass is 9.99. The summed E-state index contributed by atoms with van der Waals surface area (Å²) in [5.74, 6) is -6.46. The molecule has 0 nitrogen and oxygen atoms in total. The summed E-state index contributed by atoms with van der Waals surface area (Å²) in [6.07, 6.45) is -0.0420. The summed E-state index contributed by atoms with van der Waals surface area (Å²) >= 11 is 0. The quantitative estimate of drug-likeness (QED) is 0.431. The van der Waals surface area contributed by atoms with Crippen LogP contribution in [0.15, 0.2) is 30.3 Å². The molecule has 0 saturated heterocycles. The fourth-order valence-corrected chi connectivity index (χ4v) is 1.71. The van der Waals surface area contributed by atoms with Crippen LogP contribution >= 0.6 is 0 Å². The fraction of sp³-hybridized carbons (Fsp3) is 0.0714. The van der Waals surface area contributed by atoms with E-state index in [4.69, 9.17) is 0 Å². The number of halogens is 4. The molecule has 0 bridgehead atoms. The predicted octanol–water partition coefficient (Wildman–Crippen LogP) is 4.02. The highest BCUT2D eigenvalue weighted by molar-refractivity contribution is 5.38. The van der Waals surface area contributed by atoms with Crippen molar-refractivity contribution in [2.45, 2.75) is 6.42 Å². The predicted molar refractivity (Wildman–Crippen MR) is 60.0 cm³/mol. The van der Waals surface area contributed by atoms with Crippen LogP contribution in [0.1, 0.15) is 16.7 Å². The molecule has 2 aromatic carbocycles. The van der Waals surface area contributed by atoms with Crippen LogP contribution in [0.25, 0.3) is 0 Å². The van der Waals surface area contributed by atoms with Crippen molar-refractivity contribution in [1.29, 1.82) is 0 Å². The summed E-state index contributed by atoms with van der Waals surface area (Å²) in [6, 6.07) is 8.55. The van der Waals surface area contributed by atoms with Gasteiger partial charge >= 0.3 is 0 Å². The summed E-state index contributed by atoms with van der Waals surface area (Å²) in [5, 5.41) is 0. The van der Waals surface area contributed by atoms with Gasteiger partial charge in [0, 0.05) is 12.0 Å². The molecule has 0 heterocycles. The molecule has 0 aliphatic rings. The van der Waals surface area contributed by atoms with Crippen LogP contribution in [-0.4, -0.2) is 0 Å². The molecule has 0 unspecified atom stereocenters. The van der Waals surface area contributed by atoms with Gasteiger partial charge in [-0.2, -0.15) is 0 Å². The third-order valence-electron chi connectivity index (χ3n) is 2.70. The van der Waals surface area contributed by atoms with Crippen LogP contribution < -0.4 is 0 Å². The summed E-state index contributed by atoms with van der Waals surface area (Å²) in [4.78, 5) is 0. The summed E-state index contributed by atoms with van der Waals surface area (Å²) in [7, 11) is 0. The lowest BCUT2D eigenvalue weighted by Crippen LogP contribution is -2.06. The number of rotatable bonds is 2. The van der Waals surface area contributed by atoms with Crippen molar-refractivity contribution < 1.29 is 17.6 Å². The maximum atomic E-state index is 13.6. The average molecular weight is 253 g/mol. The lowest BCUT2D eigenvalue weighted by Gasteiger charge is -2.10. The zero-order valence-electron chi connectivity index (χ0n) is 9.31. The zero-order valence-corrected chi connectivity index (χ0v) is 9.31. The van der Waals surface area contributed by atoms with Gasteiger partial charge in [0.1, 0.15) is 0 Å². The van der Waals surface area contributed by atoms with Crippen molar-refractivity contribution in [3.05, 3.63) is 77.2 Å². The van der Waals surface area contributed by atoms with Crippen LogP contribution in [0, 0.1) is 30.2 Å². The van der Waals surface area contributed by atoms with Crippen molar-refractivity contribution >= 4 is 0 Å². The van der Waals surface area contributed by atoms with Gasteiger partial charge in [-0.25, -0.2) is 17.6 Å². The molecule has 1 radical (unpaired) electrons. The Hall–Kier alpha value is -1.84. The van der Waals surface area contributed by atoms with Gasteiger partial charge in [0.15, 0.2) is 23.3 Å². The van der Waals surface area contributed by atoms with Crippen molar-refractivity contribution in [1.82, 2.24) is 0 Å². The van der Waals surface area contributed by atoms with Gasteiger partial charge in [-0.05, 0) is 18.1 Å². The lowest BCUT2D eigenvalue weighted by molar-refractivity contribution is 0.403. The first-order valence-corrected chi connectivity index (χ1v) is 5.23. The van der Waals surface area contributed by atoms with Gasteiger partial charge in [0.2, 0.25) is 0 Å². The Morgan fingerprint density at radius 3 is 1.94 bits per heavy atom. The molecule has 0 fully saturated rings. The van der Waals surface area contributed by atoms with E-state index in [2.05, 4.69) is 6.92 Å². The first-order valence-electron chi connectivity index (χ1n) is 5.23. The Labute approximate surface area is 102 Å². The van der Waals surface area contributed by atoms with Crippen molar-refractivity contribution in [2.24, 2.45) is 0 Å². The number of benzene rings is 2. The summed E-state index contributed by atoms with van der Waals surface area (Å²) < 4.78 is 52.9. The molecule has 0 aliphatic carbocycles. The molecule has 18 heavy (non-hydrogen) atoms. The second-order valence-electron chi connectivity index (χ2n) is 3.88. The minimum absolute atomic E-state index is 0.0420. The van der Waals surface area contributed by atoms with E-state index >= 15 is 0 Å². The molecule has 2 aromatic rings. The van der Waals surface area contributed by atoms with E-state index in [9.17, 15) is 17.6 Å². The van der Waals surface area contributed by atoms with Gasteiger partial charge in [-0.3, -0.25) is 0 Å². The van der Waals surface area contributed by atoms with Gasteiger partial charge in [0.25, 0.3) is 0 Å². The zero-order chi connectivity index (χ0) is 13.3. The largest absolute Gasteiger partial charge is 0.203 e. The fourth-order valence-electron chi connectivity index (χ4n) is 1.71. The molecule has 0 spiro atoms. The Balaban J connectivity index is 2.52. The van der Waals surface area contributed by atoms with E-state index in [-0.39, 0.29) is 12.0 Å². The standard InChI is InChI=1S/C14H9F4/c1-8-10(7-9-5-3-2-4-6-9)12(16)14(18)13(17)11(8)15/h2-6H,1,7H2. The van der Waals surface area contributed by atoms with Crippen molar-refractivity contribution in [3.8, 4) is 0 Å². The van der Waals surface area contributed by atoms with Crippen LogP contribution in [-0.2, 0) is 6.42 Å². The van der Waals surface area contributed by atoms with Gasteiger partial charge in [0.05, 0.1) is 0 Å². The highest BCUT2D eigenvalue weighted by atomic mass is 19.2. The molecule has 0 aliphatic heterocycles. The summed E-state index contributed by atoms with van der Waals surface area (Å²) in [6.45, 7) is 3.26. The van der Waals surface area contributed by atoms with Gasteiger partial charge < -0.3 is 0 Å². The topological polar surface area (TPSA) is 0 Å². The SMILES string of the molecule is [CH2]c1c(F)c(F)c(F)c(F)c1Cc1ccccc1. The molecule has 0 amide bonds. The second kappa shape index (κ2) is 4.80. The molecule has 0 saturated carbocycles. The maximum Gasteiger partial charge on any atom is 0.197 e. The Kier molecular flexibility index (Phi) is 3.36. The highest BCUT2D eigenvalue weighted by Crippen LogP contribution is 2.25. The summed E-state index contributed by atoms with van der Waals surface area (Å²) in [5.41, 5.74) is -0.0560. The molecule has 0 atom stereocenters. The third kappa shape index (κ3) is 2.10. The van der Waals surface area contributed by atoms with Crippen molar-refractivity contribution in [3.63, 3.8) is 0 Å². The number of hydrogen-bond acceptors (Lipinski definition) is 0. The minimum Gasteiger partial charge on any atom is -0.203 e. The van der Waals surface area contributed by atoms with Crippen LogP contribution in [0.2, 0.25) is 0 Å². The number of hydrogen-bond donors (Lipinski definition) is 0. The van der Waals surface area contributed by atoms with E-state index in [1.54, 1.807) is 30.3 Å². The molecule has 0 N–H and O–H groups in total. The molecule has 0 aromatic heterocycles. The first kappa shape index (κ1) is 12.6. The second-order valence-corrected chi connectivity index (χ2v) is 3.88. The Bertz CT molecular complexity index is 547. The molecule has 2 rings (SSSR count). The normalized spacial score (nSPS) is 10.7. The molecule has 93 valence electrons. The van der Waals surface area contributed by atoms with Crippen LogP contribution in [0.4, 0.5) is 17.6 Å². The molecule has 4 heteroatoms. The van der Waals surface area contributed by atoms with Crippen LogP contribution in [0.3, 0.4) is 0 Å². The minimum atomic E-state index is -1.82. The van der Waals surface area contributed by atoms with E-state index in [0.29, 0.717) is 5.56 Å². The van der Waals surface area contributed by atoms with E-state index in [1.807, 2.05) is 0 Å². The van der Waals surface area contributed by atoms with E-state index in [1.165, 1.54) is 0 Å². The van der Waals surface area contributed by atoms with Gasteiger partial charge in [-0.15, -0.1) is 0 Å². The third-order valence-corrected chi connectivity index (χ3v) is 2.70. The molecular formula is C14H9F4. The Morgan fingerprint density at radius 2 is 1.33 bits per heavy atom. The maximum absolute atomic E-state index is 13.6. The van der Waals surface area contributed by atoms with E-state index < -0.39 is 28.8 Å². The highest BCUT2D eigenvalue weighted by Gasteiger charge is 2.22. The van der Waals surface area contributed by atoms with Crippen molar-refractivity contribution in [2.75, 3.05) is 0 Å². The van der Waals surface area contributed by atoms with Gasteiger partial charge in [-0.1, -0.05) is 30.3 Å². The smallest absolute Gasteiger partial charge is 0.197 e. The van der Waals surface area contributed by atoms with Crippen LogP contribution in [0.5, 0.6) is 0 Å². The van der Waals surface area contributed by atoms with E-state index in [0.717, 1.165) is 0 Å². The Morgan fingerprint density at radius 1 is 0.778 bits per heavy atom. The monoisotopic (exact) mass is 253 g/mol.